The van der Waals surface area contributed by atoms with Gasteiger partial charge in [-0.25, -0.2) is 9.78 Å². The van der Waals surface area contributed by atoms with Crippen molar-refractivity contribution in [3.8, 4) is 0 Å². The highest BCUT2D eigenvalue weighted by Crippen LogP contribution is 2.13. The molecule has 1 aromatic heterocycles. The van der Waals surface area contributed by atoms with Crippen LogP contribution in [0.2, 0.25) is 0 Å². The Bertz CT molecular complexity index is 640. The fourth-order valence-corrected chi connectivity index (χ4v) is 1.57. The van der Waals surface area contributed by atoms with Gasteiger partial charge in [0, 0.05) is 11.8 Å². The minimum Gasteiger partial charge on any atom is -0.308 e. The Morgan fingerprint density at radius 1 is 1.25 bits per heavy atom. The first-order chi connectivity index (χ1) is 9.54. The third-order valence-corrected chi connectivity index (χ3v) is 2.48. The van der Waals surface area contributed by atoms with Crippen molar-refractivity contribution in [2.45, 2.75) is 6.92 Å². The first kappa shape index (κ1) is 13.5. The number of nitrogens with one attached hydrogen (secondary N) is 2. The lowest BCUT2D eigenvalue weighted by molar-refractivity contribution is -0.385. The molecule has 2 aromatic rings. The number of pyridine rings is 1. The third-order valence-electron chi connectivity index (χ3n) is 2.48. The van der Waals surface area contributed by atoms with Gasteiger partial charge in [0.05, 0.1) is 4.92 Å². The second kappa shape index (κ2) is 5.79. The van der Waals surface area contributed by atoms with Crippen LogP contribution in [0.15, 0.2) is 42.6 Å². The highest BCUT2D eigenvalue weighted by atomic mass is 16.6. The normalized spacial score (nSPS) is 9.85. The largest absolute Gasteiger partial charge is 0.324 e. The van der Waals surface area contributed by atoms with Crippen molar-refractivity contribution in [1.29, 1.82) is 0 Å². The topological polar surface area (TPSA) is 97.2 Å². The van der Waals surface area contributed by atoms with Gasteiger partial charge >= 0.3 is 6.03 Å². The minimum atomic E-state index is -0.552. The molecule has 2 rings (SSSR count). The number of carbonyl (C=O) groups is 1. The van der Waals surface area contributed by atoms with Gasteiger partial charge in [-0.15, -0.1) is 0 Å². The summed E-state index contributed by atoms with van der Waals surface area (Å²) in [5.74, 6) is 0.237. The van der Waals surface area contributed by atoms with E-state index in [-0.39, 0.29) is 11.5 Å². The van der Waals surface area contributed by atoms with E-state index in [0.717, 1.165) is 11.8 Å². The van der Waals surface area contributed by atoms with Crippen molar-refractivity contribution in [3.05, 3.63) is 58.3 Å². The maximum atomic E-state index is 11.7. The number of aromatic nitrogens is 1. The van der Waals surface area contributed by atoms with Crippen LogP contribution in [0.1, 0.15) is 5.56 Å². The molecule has 0 fully saturated rings. The molecule has 7 heteroatoms. The van der Waals surface area contributed by atoms with E-state index < -0.39 is 11.0 Å². The maximum absolute atomic E-state index is 11.7. The van der Waals surface area contributed by atoms with Gasteiger partial charge in [0.2, 0.25) is 0 Å². The molecule has 0 saturated carbocycles. The number of aryl methyl sites for hydroxylation is 1. The van der Waals surface area contributed by atoms with Gasteiger partial charge in [-0.3, -0.25) is 15.4 Å². The molecule has 2 amide bonds. The lowest BCUT2D eigenvalue weighted by Crippen LogP contribution is -2.20. The average molecular weight is 272 g/mol. The van der Waals surface area contributed by atoms with Gasteiger partial charge in [0.15, 0.2) is 0 Å². The van der Waals surface area contributed by atoms with E-state index in [0.29, 0.717) is 5.69 Å². The van der Waals surface area contributed by atoms with E-state index >= 15 is 0 Å². The quantitative estimate of drug-likeness (QED) is 0.663. The number of benzene rings is 1. The summed E-state index contributed by atoms with van der Waals surface area (Å²) >= 11 is 0. The number of hydrogen-bond acceptors (Lipinski definition) is 4. The molecule has 0 unspecified atom stereocenters. The summed E-state index contributed by atoms with van der Waals surface area (Å²) in [6.07, 6.45) is 1.09. The van der Waals surface area contributed by atoms with Crippen LogP contribution in [0.5, 0.6) is 0 Å². The van der Waals surface area contributed by atoms with Crippen LogP contribution >= 0.6 is 0 Å². The molecular weight excluding hydrogens is 260 g/mol. The molecule has 2 N–H and O–H groups in total. The number of amides is 2. The maximum Gasteiger partial charge on any atom is 0.324 e. The highest BCUT2D eigenvalue weighted by molar-refractivity contribution is 5.99. The Balaban J connectivity index is 1.99. The molecule has 102 valence electrons. The van der Waals surface area contributed by atoms with E-state index in [4.69, 9.17) is 0 Å². The van der Waals surface area contributed by atoms with Gasteiger partial charge in [-0.1, -0.05) is 12.1 Å². The Morgan fingerprint density at radius 2 is 2.05 bits per heavy atom. The summed E-state index contributed by atoms with van der Waals surface area (Å²) in [7, 11) is 0. The summed E-state index contributed by atoms with van der Waals surface area (Å²) in [4.78, 5) is 25.4. The summed E-state index contributed by atoms with van der Waals surface area (Å²) in [6, 6.07) is 9.51. The number of hydrogen-bond donors (Lipinski definition) is 2. The monoisotopic (exact) mass is 272 g/mol. The molecule has 0 aliphatic carbocycles. The average Bonchev–Trinajstić information content (AvgIpc) is 2.39. The fraction of sp³-hybridized carbons (Fsp3) is 0.0769. The molecule has 0 saturated heterocycles. The Kier molecular flexibility index (Phi) is 3.90. The van der Waals surface area contributed by atoms with E-state index in [1.54, 1.807) is 6.07 Å². The zero-order chi connectivity index (χ0) is 14.5. The van der Waals surface area contributed by atoms with Crippen molar-refractivity contribution >= 4 is 23.2 Å². The molecule has 1 aromatic carbocycles. The first-order valence-corrected chi connectivity index (χ1v) is 5.80. The molecule has 7 nitrogen and oxygen atoms in total. The second-order valence-corrected chi connectivity index (χ2v) is 4.11. The van der Waals surface area contributed by atoms with Crippen LogP contribution in [-0.4, -0.2) is 15.9 Å². The van der Waals surface area contributed by atoms with Crippen molar-refractivity contribution in [2.24, 2.45) is 0 Å². The molecule has 0 atom stereocenters. The number of urea groups is 1. The van der Waals surface area contributed by atoms with Gasteiger partial charge in [-0.2, -0.15) is 0 Å². The predicted molar refractivity (Wildman–Crippen MR) is 74.7 cm³/mol. The fourth-order valence-electron chi connectivity index (χ4n) is 1.57. The summed E-state index contributed by atoms with van der Waals surface area (Å²) in [5, 5.41) is 15.6. The number of carbonyl (C=O) groups excluding carboxylic acids is 1. The van der Waals surface area contributed by atoms with Crippen molar-refractivity contribution in [3.63, 3.8) is 0 Å². The zero-order valence-electron chi connectivity index (χ0n) is 10.7. The highest BCUT2D eigenvalue weighted by Gasteiger charge is 2.07. The smallest absolute Gasteiger partial charge is 0.308 e. The van der Waals surface area contributed by atoms with Crippen LogP contribution < -0.4 is 10.6 Å². The molecule has 0 spiro atoms. The van der Waals surface area contributed by atoms with Gasteiger partial charge in [0.25, 0.3) is 5.69 Å². The first-order valence-electron chi connectivity index (χ1n) is 5.80. The van der Waals surface area contributed by atoms with E-state index in [1.807, 2.05) is 25.1 Å². The zero-order valence-corrected chi connectivity index (χ0v) is 10.7. The van der Waals surface area contributed by atoms with Crippen LogP contribution in [0.3, 0.4) is 0 Å². The molecule has 0 radical (unpaired) electrons. The van der Waals surface area contributed by atoms with Crippen molar-refractivity contribution in [1.82, 2.24) is 4.98 Å². The minimum absolute atomic E-state index is 0.130. The standard InChI is InChI=1S/C13H12N4O3/c1-9-3-2-4-10(7-9)15-13(18)16-12-6-5-11(8-14-12)17(19)20/h2-8H,1H3,(H2,14,15,16,18). The predicted octanol–water partition coefficient (Wildman–Crippen LogP) is 2.94. The van der Waals surface area contributed by atoms with Crippen molar-refractivity contribution < 1.29 is 9.72 Å². The summed E-state index contributed by atoms with van der Waals surface area (Å²) in [6.45, 7) is 1.92. The second-order valence-electron chi connectivity index (χ2n) is 4.11. The van der Waals surface area contributed by atoms with Crippen LogP contribution in [0, 0.1) is 17.0 Å². The number of nitro groups is 1. The molecule has 20 heavy (non-hydrogen) atoms. The van der Waals surface area contributed by atoms with Gasteiger partial charge in [-0.05, 0) is 30.7 Å². The van der Waals surface area contributed by atoms with Crippen molar-refractivity contribution in [2.75, 3.05) is 10.6 Å². The Hall–Kier alpha value is -2.96. The number of anilines is 2. The molecule has 0 aliphatic rings. The van der Waals surface area contributed by atoms with E-state index in [2.05, 4.69) is 15.6 Å². The Labute approximate surface area is 114 Å². The Morgan fingerprint density at radius 3 is 2.65 bits per heavy atom. The molecule has 0 aliphatic heterocycles. The van der Waals surface area contributed by atoms with Crippen LogP contribution in [0.4, 0.5) is 22.0 Å². The molecular formula is C13H12N4O3. The van der Waals surface area contributed by atoms with E-state index in [1.165, 1.54) is 12.1 Å². The summed E-state index contributed by atoms with van der Waals surface area (Å²) < 4.78 is 0. The SMILES string of the molecule is Cc1cccc(NC(=O)Nc2ccc([N+](=O)[O-])cn2)c1. The van der Waals surface area contributed by atoms with Gasteiger partial charge in [0.1, 0.15) is 12.0 Å². The lowest BCUT2D eigenvalue weighted by atomic mass is 10.2. The number of rotatable bonds is 3. The summed E-state index contributed by atoms with van der Waals surface area (Å²) in [5.41, 5.74) is 1.55. The third kappa shape index (κ3) is 3.52. The van der Waals surface area contributed by atoms with Gasteiger partial charge < -0.3 is 5.32 Å². The molecule has 1 heterocycles. The molecule has 0 bridgehead atoms. The van der Waals surface area contributed by atoms with Crippen LogP contribution in [-0.2, 0) is 0 Å². The lowest BCUT2D eigenvalue weighted by Gasteiger charge is -2.07. The van der Waals surface area contributed by atoms with Crippen LogP contribution in [0.25, 0.3) is 0 Å². The van der Waals surface area contributed by atoms with E-state index in [9.17, 15) is 14.9 Å². The number of nitrogens with zero attached hydrogens (tertiary/aromatic N) is 2.